The highest BCUT2D eigenvalue weighted by atomic mass is 79.9. The van der Waals surface area contributed by atoms with Gasteiger partial charge in [0.1, 0.15) is 5.75 Å². The summed E-state index contributed by atoms with van der Waals surface area (Å²) in [6.07, 6.45) is -0.654. The molecule has 1 aliphatic heterocycles. The number of carbonyl (C=O) groups is 1. The minimum absolute atomic E-state index is 0.108. The molecule has 1 heterocycles. The van der Waals surface area contributed by atoms with E-state index in [-0.39, 0.29) is 5.91 Å². The van der Waals surface area contributed by atoms with Crippen molar-refractivity contribution in [3.8, 4) is 5.75 Å². The molecule has 2 N–H and O–H groups in total. The lowest BCUT2D eigenvalue weighted by Crippen LogP contribution is -2.49. The van der Waals surface area contributed by atoms with E-state index < -0.39 is 6.10 Å². The van der Waals surface area contributed by atoms with Gasteiger partial charge in [-0.2, -0.15) is 0 Å². The summed E-state index contributed by atoms with van der Waals surface area (Å²) in [6, 6.07) is 17.1. The van der Waals surface area contributed by atoms with Gasteiger partial charge in [0.25, 0.3) is 5.91 Å². The molecule has 23 heavy (non-hydrogen) atoms. The average Bonchev–Trinajstić information content (AvgIpc) is 2.52. The number of carbonyl (C=O) groups excluding carboxylic acids is 1. The number of nitrogens with one attached hydrogen (secondary N) is 2. The Kier molecular flexibility index (Phi) is 5.31. The molecule has 1 saturated heterocycles. The van der Waals surface area contributed by atoms with Crippen LogP contribution in [0.4, 0.5) is 0 Å². The first-order chi connectivity index (χ1) is 11.2. The summed E-state index contributed by atoms with van der Waals surface area (Å²) in [4.78, 5) is 12.6. The third-order valence-corrected chi connectivity index (χ3v) is 4.31. The lowest BCUT2D eigenvalue weighted by Gasteiger charge is -2.28. The van der Waals surface area contributed by atoms with Crippen LogP contribution in [0.15, 0.2) is 59.1 Å². The smallest absolute Gasteiger partial charge is 0.265 e. The first-order valence-electron chi connectivity index (χ1n) is 7.68. The standard InChI is InChI=1S/C18H19BrN2O2/c19-15-7-4-8-16(9-15)23-17(14-5-2-1-3-6-14)18(22)21-12-13-10-20-11-13/h1-9,13,17,20H,10-12H2,(H,21,22). The zero-order chi connectivity index (χ0) is 16.1. The van der Waals surface area contributed by atoms with Crippen LogP contribution in [-0.2, 0) is 4.79 Å². The molecule has 4 nitrogen and oxygen atoms in total. The highest BCUT2D eigenvalue weighted by Gasteiger charge is 2.24. The highest BCUT2D eigenvalue weighted by Crippen LogP contribution is 2.25. The molecule has 0 radical (unpaired) electrons. The summed E-state index contributed by atoms with van der Waals surface area (Å²) in [7, 11) is 0. The zero-order valence-corrected chi connectivity index (χ0v) is 14.3. The monoisotopic (exact) mass is 374 g/mol. The van der Waals surface area contributed by atoms with E-state index in [1.807, 2.05) is 54.6 Å². The molecule has 2 aromatic rings. The van der Waals surface area contributed by atoms with E-state index in [2.05, 4.69) is 26.6 Å². The Bertz CT molecular complexity index is 659. The van der Waals surface area contributed by atoms with Crippen molar-refractivity contribution < 1.29 is 9.53 Å². The second-order valence-electron chi connectivity index (χ2n) is 5.64. The van der Waals surface area contributed by atoms with Crippen LogP contribution in [0.3, 0.4) is 0 Å². The highest BCUT2D eigenvalue weighted by molar-refractivity contribution is 9.10. The van der Waals surface area contributed by atoms with Crippen molar-refractivity contribution in [2.75, 3.05) is 19.6 Å². The van der Waals surface area contributed by atoms with Crippen molar-refractivity contribution >= 4 is 21.8 Å². The first-order valence-corrected chi connectivity index (χ1v) is 8.47. The van der Waals surface area contributed by atoms with Gasteiger partial charge < -0.3 is 15.4 Å². The normalized spacial score (nSPS) is 15.5. The maximum Gasteiger partial charge on any atom is 0.265 e. The topological polar surface area (TPSA) is 50.4 Å². The third-order valence-electron chi connectivity index (χ3n) is 3.82. The third kappa shape index (κ3) is 4.33. The number of amides is 1. The first kappa shape index (κ1) is 16.0. The number of hydrogen-bond acceptors (Lipinski definition) is 3. The average molecular weight is 375 g/mol. The van der Waals surface area contributed by atoms with E-state index in [0.717, 1.165) is 23.1 Å². The van der Waals surface area contributed by atoms with Gasteiger partial charge in [0.15, 0.2) is 0 Å². The van der Waals surface area contributed by atoms with Crippen LogP contribution < -0.4 is 15.4 Å². The molecule has 1 unspecified atom stereocenters. The van der Waals surface area contributed by atoms with Crippen LogP contribution in [0, 0.1) is 5.92 Å². The van der Waals surface area contributed by atoms with E-state index in [4.69, 9.17) is 4.74 Å². The fourth-order valence-corrected chi connectivity index (χ4v) is 2.79. The molecule has 0 saturated carbocycles. The van der Waals surface area contributed by atoms with Crippen LogP contribution in [0.5, 0.6) is 5.75 Å². The van der Waals surface area contributed by atoms with Gasteiger partial charge in [-0.1, -0.05) is 52.3 Å². The Labute approximate surface area is 144 Å². The summed E-state index contributed by atoms with van der Waals surface area (Å²) in [5.41, 5.74) is 0.844. The number of hydrogen-bond donors (Lipinski definition) is 2. The molecular weight excluding hydrogens is 356 g/mol. The van der Waals surface area contributed by atoms with E-state index in [9.17, 15) is 4.79 Å². The Morgan fingerprint density at radius 1 is 1.22 bits per heavy atom. The lowest BCUT2D eigenvalue weighted by molar-refractivity contribution is -0.128. The molecule has 120 valence electrons. The summed E-state index contributed by atoms with van der Waals surface area (Å²) >= 11 is 3.42. The maximum absolute atomic E-state index is 12.6. The summed E-state index contributed by atoms with van der Waals surface area (Å²) in [6.45, 7) is 2.60. The summed E-state index contributed by atoms with van der Waals surface area (Å²) in [5, 5.41) is 6.21. The van der Waals surface area contributed by atoms with Gasteiger partial charge in [0, 0.05) is 35.6 Å². The van der Waals surface area contributed by atoms with Crippen molar-refractivity contribution in [2.24, 2.45) is 5.92 Å². The molecular formula is C18H19BrN2O2. The van der Waals surface area contributed by atoms with Gasteiger partial charge in [-0.25, -0.2) is 0 Å². The van der Waals surface area contributed by atoms with Crippen molar-refractivity contribution in [1.82, 2.24) is 10.6 Å². The molecule has 1 atom stereocenters. The second kappa shape index (κ2) is 7.62. The number of ether oxygens (including phenoxy) is 1. The molecule has 1 aliphatic rings. The Balaban J connectivity index is 1.74. The van der Waals surface area contributed by atoms with Gasteiger partial charge in [0.05, 0.1) is 0 Å². The molecule has 0 bridgehead atoms. The second-order valence-corrected chi connectivity index (χ2v) is 6.55. The molecule has 2 aromatic carbocycles. The molecule has 5 heteroatoms. The van der Waals surface area contributed by atoms with Crippen molar-refractivity contribution in [3.05, 3.63) is 64.6 Å². The summed E-state index contributed by atoms with van der Waals surface area (Å²) < 4.78 is 6.89. The fourth-order valence-electron chi connectivity index (χ4n) is 2.41. The van der Waals surface area contributed by atoms with Crippen LogP contribution in [-0.4, -0.2) is 25.5 Å². The van der Waals surface area contributed by atoms with Gasteiger partial charge in [0.2, 0.25) is 6.10 Å². The molecule has 3 rings (SSSR count). The Morgan fingerprint density at radius 3 is 2.65 bits per heavy atom. The Hall–Kier alpha value is -1.85. The minimum Gasteiger partial charge on any atom is -0.476 e. The van der Waals surface area contributed by atoms with Gasteiger partial charge in [-0.3, -0.25) is 4.79 Å². The maximum atomic E-state index is 12.6. The predicted molar refractivity (Wildman–Crippen MR) is 93.3 cm³/mol. The minimum atomic E-state index is -0.654. The van der Waals surface area contributed by atoms with Gasteiger partial charge >= 0.3 is 0 Å². The molecule has 0 aromatic heterocycles. The van der Waals surface area contributed by atoms with E-state index in [0.29, 0.717) is 18.2 Å². The van der Waals surface area contributed by atoms with Crippen LogP contribution >= 0.6 is 15.9 Å². The zero-order valence-electron chi connectivity index (χ0n) is 12.7. The van der Waals surface area contributed by atoms with Crippen molar-refractivity contribution in [2.45, 2.75) is 6.10 Å². The summed E-state index contributed by atoms with van der Waals surface area (Å²) in [5.74, 6) is 1.07. The quantitative estimate of drug-likeness (QED) is 0.817. The molecule has 0 aliphatic carbocycles. The SMILES string of the molecule is O=C(NCC1CNC1)C(Oc1cccc(Br)c1)c1ccccc1. The van der Waals surface area contributed by atoms with E-state index >= 15 is 0 Å². The number of halogens is 1. The van der Waals surface area contributed by atoms with Gasteiger partial charge in [-0.05, 0) is 18.2 Å². The number of benzene rings is 2. The van der Waals surface area contributed by atoms with Gasteiger partial charge in [-0.15, -0.1) is 0 Å². The van der Waals surface area contributed by atoms with E-state index in [1.165, 1.54) is 0 Å². The van der Waals surface area contributed by atoms with Crippen LogP contribution in [0.2, 0.25) is 0 Å². The largest absolute Gasteiger partial charge is 0.476 e. The number of rotatable bonds is 6. The molecule has 0 spiro atoms. The fraction of sp³-hybridized carbons (Fsp3) is 0.278. The van der Waals surface area contributed by atoms with E-state index in [1.54, 1.807) is 0 Å². The van der Waals surface area contributed by atoms with Crippen LogP contribution in [0.1, 0.15) is 11.7 Å². The molecule has 1 fully saturated rings. The lowest BCUT2D eigenvalue weighted by atomic mass is 10.0. The predicted octanol–water partition coefficient (Wildman–Crippen LogP) is 2.90. The Morgan fingerprint density at radius 2 is 2.00 bits per heavy atom. The molecule has 1 amide bonds. The van der Waals surface area contributed by atoms with Crippen LogP contribution in [0.25, 0.3) is 0 Å². The van der Waals surface area contributed by atoms with Crippen molar-refractivity contribution in [1.29, 1.82) is 0 Å². The van der Waals surface area contributed by atoms with Crippen molar-refractivity contribution in [3.63, 3.8) is 0 Å².